The van der Waals surface area contributed by atoms with E-state index >= 15 is 0 Å². The van der Waals surface area contributed by atoms with Crippen molar-refractivity contribution in [2.24, 2.45) is 0 Å². The summed E-state index contributed by atoms with van der Waals surface area (Å²) in [4.78, 5) is 15.5. The standard InChI is InChI=1S/C14H11Cl2NO2/c1-2-12(18)11-7-6-9(8-17-11)19-13-5-3-4-10(15)14(13)16/h3-8H,2H2,1H3. The zero-order valence-electron chi connectivity index (χ0n) is 10.2. The first-order valence-electron chi connectivity index (χ1n) is 5.73. The van der Waals surface area contributed by atoms with Crippen LogP contribution in [0.15, 0.2) is 36.5 Å². The summed E-state index contributed by atoms with van der Waals surface area (Å²) in [5.41, 5.74) is 0.423. The number of hydrogen-bond donors (Lipinski definition) is 0. The third-order valence-corrected chi connectivity index (χ3v) is 3.29. The number of pyridine rings is 1. The second kappa shape index (κ2) is 6.04. The molecule has 0 aliphatic rings. The molecule has 1 aromatic heterocycles. The van der Waals surface area contributed by atoms with E-state index in [4.69, 9.17) is 27.9 Å². The SMILES string of the molecule is CCC(=O)c1ccc(Oc2cccc(Cl)c2Cl)cn1. The molecular formula is C14H11Cl2NO2. The summed E-state index contributed by atoms with van der Waals surface area (Å²) in [7, 11) is 0. The fourth-order valence-electron chi connectivity index (χ4n) is 1.48. The van der Waals surface area contributed by atoms with Gasteiger partial charge < -0.3 is 4.74 Å². The van der Waals surface area contributed by atoms with Crippen LogP contribution >= 0.6 is 23.2 Å². The number of benzene rings is 1. The molecule has 2 rings (SSSR count). The van der Waals surface area contributed by atoms with E-state index < -0.39 is 0 Å². The van der Waals surface area contributed by atoms with Crippen molar-refractivity contribution >= 4 is 29.0 Å². The lowest BCUT2D eigenvalue weighted by Crippen LogP contribution is -1.99. The van der Waals surface area contributed by atoms with Gasteiger partial charge in [0.1, 0.15) is 22.2 Å². The number of nitrogens with zero attached hydrogens (tertiary/aromatic N) is 1. The maximum absolute atomic E-state index is 11.4. The Balaban J connectivity index is 2.20. The van der Waals surface area contributed by atoms with Gasteiger partial charge >= 0.3 is 0 Å². The van der Waals surface area contributed by atoms with Gasteiger partial charge in [-0.3, -0.25) is 4.79 Å². The van der Waals surface area contributed by atoms with E-state index in [-0.39, 0.29) is 5.78 Å². The lowest BCUT2D eigenvalue weighted by atomic mass is 10.2. The summed E-state index contributed by atoms with van der Waals surface area (Å²) >= 11 is 11.9. The molecule has 0 bridgehead atoms. The first-order chi connectivity index (χ1) is 9.11. The number of ketones is 1. The van der Waals surface area contributed by atoms with Gasteiger partial charge in [0.05, 0.1) is 11.2 Å². The molecule has 0 unspecified atom stereocenters. The fourth-order valence-corrected chi connectivity index (χ4v) is 1.81. The molecule has 0 N–H and O–H groups in total. The molecule has 0 aliphatic heterocycles. The summed E-state index contributed by atoms with van der Waals surface area (Å²) in [6, 6.07) is 8.43. The van der Waals surface area contributed by atoms with Crippen LogP contribution in [0.25, 0.3) is 0 Å². The van der Waals surface area contributed by atoms with Crippen molar-refractivity contribution in [2.45, 2.75) is 13.3 Å². The van der Waals surface area contributed by atoms with Crippen LogP contribution < -0.4 is 4.74 Å². The fraction of sp³-hybridized carbons (Fsp3) is 0.143. The minimum atomic E-state index is -0.00709. The van der Waals surface area contributed by atoms with Crippen LogP contribution in [-0.4, -0.2) is 10.8 Å². The van der Waals surface area contributed by atoms with Crippen LogP contribution in [0, 0.1) is 0 Å². The third kappa shape index (κ3) is 3.25. The molecule has 5 heteroatoms. The van der Waals surface area contributed by atoms with Gasteiger partial charge in [-0.2, -0.15) is 0 Å². The number of rotatable bonds is 4. The molecule has 0 spiro atoms. The van der Waals surface area contributed by atoms with E-state index in [1.807, 2.05) is 0 Å². The number of ether oxygens (including phenoxy) is 1. The van der Waals surface area contributed by atoms with E-state index in [0.717, 1.165) is 0 Å². The first kappa shape index (κ1) is 13.8. The van der Waals surface area contributed by atoms with Crippen molar-refractivity contribution < 1.29 is 9.53 Å². The molecule has 1 heterocycles. The molecule has 2 aromatic rings. The quantitative estimate of drug-likeness (QED) is 0.763. The Morgan fingerprint density at radius 1 is 1.26 bits per heavy atom. The summed E-state index contributed by atoms with van der Waals surface area (Å²) < 4.78 is 5.57. The Labute approximate surface area is 121 Å². The Bertz CT molecular complexity index is 597. The lowest BCUT2D eigenvalue weighted by Gasteiger charge is -2.08. The molecule has 0 atom stereocenters. The number of Topliss-reactive ketones (excluding diaryl/α,β-unsaturated/α-hetero) is 1. The minimum Gasteiger partial charge on any atom is -0.454 e. The molecular weight excluding hydrogens is 285 g/mol. The van der Waals surface area contributed by atoms with Gasteiger partial charge in [0.25, 0.3) is 0 Å². The normalized spacial score (nSPS) is 10.3. The van der Waals surface area contributed by atoms with Gasteiger partial charge in [-0.1, -0.05) is 36.2 Å². The van der Waals surface area contributed by atoms with Crippen LogP contribution in [0.1, 0.15) is 23.8 Å². The second-order valence-electron chi connectivity index (χ2n) is 3.81. The Hall–Kier alpha value is -1.58. The maximum atomic E-state index is 11.4. The summed E-state index contributed by atoms with van der Waals surface area (Å²) in [6.45, 7) is 1.79. The Morgan fingerprint density at radius 2 is 2.05 bits per heavy atom. The lowest BCUT2D eigenvalue weighted by molar-refractivity contribution is 0.0983. The highest BCUT2D eigenvalue weighted by Gasteiger charge is 2.08. The van der Waals surface area contributed by atoms with E-state index in [9.17, 15) is 4.79 Å². The zero-order valence-corrected chi connectivity index (χ0v) is 11.7. The van der Waals surface area contributed by atoms with Gasteiger partial charge in [0, 0.05) is 6.42 Å². The van der Waals surface area contributed by atoms with Crippen LogP contribution in [0.4, 0.5) is 0 Å². The topological polar surface area (TPSA) is 39.2 Å². The highest BCUT2D eigenvalue weighted by atomic mass is 35.5. The number of carbonyl (C=O) groups is 1. The minimum absolute atomic E-state index is 0.00709. The third-order valence-electron chi connectivity index (χ3n) is 2.49. The van der Waals surface area contributed by atoms with Crippen molar-refractivity contribution in [2.75, 3.05) is 0 Å². The second-order valence-corrected chi connectivity index (χ2v) is 4.60. The van der Waals surface area contributed by atoms with Gasteiger partial charge in [-0.05, 0) is 24.3 Å². The average Bonchev–Trinajstić information content (AvgIpc) is 2.44. The van der Waals surface area contributed by atoms with Crippen LogP contribution in [0.3, 0.4) is 0 Å². The Morgan fingerprint density at radius 3 is 2.68 bits per heavy atom. The van der Waals surface area contributed by atoms with Gasteiger partial charge in [-0.25, -0.2) is 4.98 Å². The van der Waals surface area contributed by atoms with Crippen molar-refractivity contribution in [3.05, 3.63) is 52.3 Å². The summed E-state index contributed by atoms with van der Waals surface area (Å²) in [6.07, 6.45) is 1.91. The van der Waals surface area contributed by atoms with Crippen molar-refractivity contribution in [1.82, 2.24) is 4.98 Å². The van der Waals surface area contributed by atoms with Crippen LogP contribution in [0.2, 0.25) is 10.0 Å². The summed E-state index contributed by atoms with van der Waals surface area (Å²) in [5.74, 6) is 0.940. The number of halogens is 2. The number of hydrogen-bond acceptors (Lipinski definition) is 3. The molecule has 0 fully saturated rings. The number of aromatic nitrogens is 1. The molecule has 0 saturated carbocycles. The molecule has 0 saturated heterocycles. The molecule has 1 aromatic carbocycles. The highest BCUT2D eigenvalue weighted by Crippen LogP contribution is 2.34. The smallest absolute Gasteiger partial charge is 0.180 e. The van der Waals surface area contributed by atoms with Crippen molar-refractivity contribution in [3.63, 3.8) is 0 Å². The Kier molecular flexibility index (Phi) is 4.40. The van der Waals surface area contributed by atoms with E-state index in [0.29, 0.717) is 33.7 Å². The maximum Gasteiger partial charge on any atom is 0.180 e. The van der Waals surface area contributed by atoms with E-state index in [2.05, 4.69) is 4.98 Å². The monoisotopic (exact) mass is 295 g/mol. The molecule has 0 radical (unpaired) electrons. The summed E-state index contributed by atoms with van der Waals surface area (Å²) in [5, 5.41) is 0.766. The molecule has 3 nitrogen and oxygen atoms in total. The van der Waals surface area contributed by atoms with Crippen LogP contribution in [0.5, 0.6) is 11.5 Å². The molecule has 19 heavy (non-hydrogen) atoms. The predicted octanol–water partition coefficient (Wildman–Crippen LogP) is 4.77. The molecule has 98 valence electrons. The predicted molar refractivity (Wildman–Crippen MR) is 75.4 cm³/mol. The largest absolute Gasteiger partial charge is 0.454 e. The van der Waals surface area contributed by atoms with Gasteiger partial charge in [-0.15, -0.1) is 0 Å². The molecule has 0 amide bonds. The van der Waals surface area contributed by atoms with Gasteiger partial charge in [0.2, 0.25) is 0 Å². The first-order valence-corrected chi connectivity index (χ1v) is 6.48. The number of carbonyl (C=O) groups excluding carboxylic acids is 1. The zero-order chi connectivity index (χ0) is 13.8. The highest BCUT2D eigenvalue weighted by molar-refractivity contribution is 6.42. The average molecular weight is 296 g/mol. The van der Waals surface area contributed by atoms with E-state index in [1.165, 1.54) is 6.20 Å². The van der Waals surface area contributed by atoms with Crippen molar-refractivity contribution in [3.8, 4) is 11.5 Å². The van der Waals surface area contributed by atoms with E-state index in [1.54, 1.807) is 37.3 Å². The van der Waals surface area contributed by atoms with Crippen molar-refractivity contribution in [1.29, 1.82) is 0 Å². The van der Waals surface area contributed by atoms with Crippen LogP contribution in [-0.2, 0) is 0 Å². The van der Waals surface area contributed by atoms with Gasteiger partial charge in [0.15, 0.2) is 5.78 Å². The molecule has 0 aliphatic carbocycles.